The van der Waals surface area contributed by atoms with E-state index in [-0.39, 0.29) is 11.8 Å². The minimum absolute atomic E-state index is 0.00565. The van der Waals surface area contributed by atoms with Gasteiger partial charge >= 0.3 is 0 Å². The first kappa shape index (κ1) is 15.0. The summed E-state index contributed by atoms with van der Waals surface area (Å²) in [5.74, 6) is 0.193. The van der Waals surface area contributed by atoms with Gasteiger partial charge in [-0.15, -0.1) is 0 Å². The van der Waals surface area contributed by atoms with E-state index < -0.39 is 0 Å². The van der Waals surface area contributed by atoms with Crippen molar-refractivity contribution in [1.82, 2.24) is 4.90 Å². The molecule has 0 spiro atoms. The van der Waals surface area contributed by atoms with Crippen LogP contribution in [0.2, 0.25) is 0 Å². The predicted molar refractivity (Wildman–Crippen MR) is 92.8 cm³/mol. The van der Waals surface area contributed by atoms with Crippen LogP contribution in [0.1, 0.15) is 28.2 Å². The van der Waals surface area contributed by atoms with Gasteiger partial charge in [0.1, 0.15) is 0 Å². The lowest BCUT2D eigenvalue weighted by Gasteiger charge is -2.35. The van der Waals surface area contributed by atoms with Gasteiger partial charge in [-0.25, -0.2) is 0 Å². The lowest BCUT2D eigenvalue weighted by molar-refractivity contribution is -0.127. The van der Waals surface area contributed by atoms with Crippen molar-refractivity contribution in [2.24, 2.45) is 0 Å². The molecular weight excluding hydrogens is 338 g/mol. The number of rotatable bonds is 2. The van der Waals surface area contributed by atoms with E-state index >= 15 is 0 Å². The van der Waals surface area contributed by atoms with Gasteiger partial charge in [-0.05, 0) is 47.4 Å². The molecule has 0 saturated carbocycles. The van der Waals surface area contributed by atoms with Crippen molar-refractivity contribution in [3.05, 3.63) is 81.8 Å². The Morgan fingerprint density at radius 2 is 2.05 bits per heavy atom. The van der Waals surface area contributed by atoms with E-state index in [4.69, 9.17) is 0 Å². The van der Waals surface area contributed by atoms with Crippen molar-refractivity contribution in [2.75, 3.05) is 6.54 Å². The minimum Gasteiger partial charge on any atom is -0.334 e. The number of amides is 1. The maximum absolute atomic E-state index is 12.1. The van der Waals surface area contributed by atoms with Gasteiger partial charge in [0.25, 0.3) is 0 Å². The third-order valence-electron chi connectivity index (χ3n) is 4.29. The fourth-order valence-electron chi connectivity index (χ4n) is 3.17. The van der Waals surface area contributed by atoms with Crippen molar-refractivity contribution in [3.63, 3.8) is 0 Å². The summed E-state index contributed by atoms with van der Waals surface area (Å²) < 4.78 is 1.09. The van der Waals surface area contributed by atoms with Crippen LogP contribution in [-0.4, -0.2) is 17.4 Å². The molecule has 3 rings (SSSR count). The quantitative estimate of drug-likeness (QED) is 0.730. The molecule has 2 nitrogen and oxygen atoms in total. The number of carbonyl (C=O) groups is 1. The average Bonchev–Trinajstić information content (AvgIpc) is 2.54. The maximum atomic E-state index is 12.1. The van der Waals surface area contributed by atoms with Gasteiger partial charge in [0.15, 0.2) is 0 Å². The Labute approximate surface area is 139 Å². The van der Waals surface area contributed by atoms with E-state index in [2.05, 4.69) is 53.7 Å². The zero-order valence-electron chi connectivity index (χ0n) is 12.6. The van der Waals surface area contributed by atoms with Crippen LogP contribution in [0.5, 0.6) is 0 Å². The summed E-state index contributed by atoms with van der Waals surface area (Å²) in [6, 6.07) is 14.7. The highest BCUT2D eigenvalue weighted by Gasteiger charge is 2.29. The van der Waals surface area contributed by atoms with Crippen LogP contribution >= 0.6 is 15.9 Å². The number of hydrogen-bond donors (Lipinski definition) is 0. The van der Waals surface area contributed by atoms with Crippen molar-refractivity contribution in [1.29, 1.82) is 0 Å². The lowest BCUT2D eigenvalue weighted by atomic mass is 9.83. The second-order valence-corrected chi connectivity index (χ2v) is 6.59. The number of benzene rings is 2. The molecule has 0 aromatic heterocycles. The molecule has 0 saturated heterocycles. The van der Waals surface area contributed by atoms with Gasteiger partial charge in [-0.3, -0.25) is 4.79 Å². The summed E-state index contributed by atoms with van der Waals surface area (Å²) in [7, 11) is 0. The Hall–Kier alpha value is -1.87. The summed E-state index contributed by atoms with van der Waals surface area (Å²) >= 11 is 3.60. The summed E-state index contributed by atoms with van der Waals surface area (Å²) in [5.41, 5.74) is 5.01. The van der Waals surface area contributed by atoms with Crippen LogP contribution in [-0.2, 0) is 11.3 Å². The molecule has 0 bridgehead atoms. The van der Waals surface area contributed by atoms with Crippen LogP contribution in [0.4, 0.5) is 0 Å². The Morgan fingerprint density at radius 3 is 2.73 bits per heavy atom. The number of fused-ring (bicyclic) bond motifs is 1. The van der Waals surface area contributed by atoms with Crippen LogP contribution < -0.4 is 0 Å². The highest BCUT2D eigenvalue weighted by Crippen LogP contribution is 2.37. The Bertz CT molecular complexity index is 724. The molecule has 112 valence electrons. The largest absolute Gasteiger partial charge is 0.334 e. The molecule has 2 aromatic carbocycles. The van der Waals surface area contributed by atoms with Gasteiger partial charge in [0.05, 0.1) is 0 Å². The molecule has 1 aliphatic heterocycles. The Kier molecular flexibility index (Phi) is 4.16. The number of hydrogen-bond acceptors (Lipinski definition) is 1. The number of nitrogens with zero attached hydrogens (tertiary/aromatic N) is 1. The van der Waals surface area contributed by atoms with Crippen molar-refractivity contribution in [2.45, 2.75) is 19.4 Å². The normalized spacial score (nSPS) is 17.0. The second kappa shape index (κ2) is 6.09. The third-order valence-corrected chi connectivity index (χ3v) is 4.75. The van der Waals surface area contributed by atoms with Crippen molar-refractivity contribution < 1.29 is 4.79 Å². The molecule has 1 atom stereocenters. The van der Waals surface area contributed by atoms with Crippen LogP contribution in [0.25, 0.3) is 0 Å². The maximum Gasteiger partial charge on any atom is 0.246 e. The SMILES string of the molecule is C=CC(=O)N1Cc2c(C)cc(Br)cc2[C@@H](c2ccccc2)C1. The molecular formula is C19H18BrNO. The molecule has 2 aromatic rings. The van der Waals surface area contributed by atoms with Gasteiger partial charge in [0.2, 0.25) is 5.91 Å². The zero-order valence-corrected chi connectivity index (χ0v) is 14.1. The van der Waals surface area contributed by atoms with E-state index in [1.54, 1.807) is 0 Å². The topological polar surface area (TPSA) is 20.3 Å². The molecule has 3 heteroatoms. The van der Waals surface area contributed by atoms with E-state index in [0.29, 0.717) is 13.1 Å². The summed E-state index contributed by atoms with van der Waals surface area (Å²) in [6.45, 7) is 7.08. The molecule has 22 heavy (non-hydrogen) atoms. The molecule has 0 fully saturated rings. The van der Waals surface area contributed by atoms with E-state index in [1.165, 1.54) is 28.3 Å². The smallest absolute Gasteiger partial charge is 0.246 e. The monoisotopic (exact) mass is 355 g/mol. The third kappa shape index (κ3) is 2.73. The zero-order chi connectivity index (χ0) is 15.7. The van der Waals surface area contributed by atoms with E-state index in [9.17, 15) is 4.79 Å². The first-order valence-corrected chi connectivity index (χ1v) is 8.14. The highest BCUT2D eigenvalue weighted by atomic mass is 79.9. The number of aryl methyl sites for hydroxylation is 1. The van der Waals surface area contributed by atoms with Crippen molar-refractivity contribution >= 4 is 21.8 Å². The molecule has 0 unspecified atom stereocenters. The Morgan fingerprint density at radius 1 is 1.32 bits per heavy atom. The van der Waals surface area contributed by atoms with Crippen LogP contribution in [0.15, 0.2) is 59.6 Å². The molecule has 0 radical (unpaired) electrons. The van der Waals surface area contributed by atoms with Crippen LogP contribution in [0.3, 0.4) is 0 Å². The average molecular weight is 356 g/mol. The van der Waals surface area contributed by atoms with Gasteiger partial charge in [0, 0.05) is 23.5 Å². The first-order chi connectivity index (χ1) is 10.6. The molecule has 1 heterocycles. The Balaban J connectivity index is 2.13. The van der Waals surface area contributed by atoms with Gasteiger partial charge in [-0.2, -0.15) is 0 Å². The van der Waals surface area contributed by atoms with E-state index in [0.717, 1.165) is 4.47 Å². The summed E-state index contributed by atoms with van der Waals surface area (Å²) in [6.07, 6.45) is 1.40. The standard InChI is InChI=1S/C19H18BrNO/c1-3-19(22)21-11-17-13(2)9-15(20)10-16(17)18(12-21)14-7-5-4-6-8-14/h3-10,18H,1,11-12H2,2H3/t18-/m1/s1. The molecule has 0 aliphatic carbocycles. The first-order valence-electron chi connectivity index (χ1n) is 7.35. The fraction of sp³-hybridized carbons (Fsp3) is 0.211. The molecule has 0 N–H and O–H groups in total. The van der Waals surface area contributed by atoms with Crippen molar-refractivity contribution in [3.8, 4) is 0 Å². The van der Waals surface area contributed by atoms with Gasteiger partial charge in [-0.1, -0.05) is 52.8 Å². The minimum atomic E-state index is -0.00565. The molecule has 1 amide bonds. The number of carbonyl (C=O) groups excluding carboxylic acids is 1. The lowest BCUT2D eigenvalue weighted by Crippen LogP contribution is -2.38. The number of halogens is 1. The van der Waals surface area contributed by atoms with Gasteiger partial charge < -0.3 is 4.90 Å². The fourth-order valence-corrected chi connectivity index (χ4v) is 3.76. The second-order valence-electron chi connectivity index (χ2n) is 5.68. The van der Waals surface area contributed by atoms with Crippen LogP contribution in [0, 0.1) is 6.92 Å². The van der Waals surface area contributed by atoms with E-state index in [1.807, 2.05) is 23.1 Å². The summed E-state index contributed by atoms with van der Waals surface area (Å²) in [4.78, 5) is 14.0. The molecule has 1 aliphatic rings. The predicted octanol–water partition coefficient (Wildman–Crippen LogP) is 4.42. The highest BCUT2D eigenvalue weighted by molar-refractivity contribution is 9.10. The summed E-state index contributed by atoms with van der Waals surface area (Å²) in [5, 5.41) is 0.